The van der Waals surface area contributed by atoms with Crippen molar-refractivity contribution in [2.75, 3.05) is 13.1 Å². The Morgan fingerprint density at radius 3 is 3.05 bits per heavy atom. The predicted molar refractivity (Wildman–Crippen MR) is 76.3 cm³/mol. The van der Waals surface area contributed by atoms with Gasteiger partial charge in [-0.05, 0) is 37.9 Å². The topological polar surface area (TPSA) is 63.8 Å². The van der Waals surface area contributed by atoms with Gasteiger partial charge in [0, 0.05) is 24.5 Å². The van der Waals surface area contributed by atoms with E-state index >= 15 is 0 Å². The number of hydrogen-bond acceptors (Lipinski definition) is 5. The molecule has 1 aliphatic heterocycles. The summed E-state index contributed by atoms with van der Waals surface area (Å²) in [6.07, 6.45) is 6.85. The maximum Gasteiger partial charge on any atom is 0.234 e. The Hall–Kier alpha value is -1.75. The quantitative estimate of drug-likeness (QED) is 0.926. The first-order valence-corrected chi connectivity index (χ1v) is 7.21. The van der Waals surface area contributed by atoms with Crippen molar-refractivity contribution < 1.29 is 4.52 Å². The molecule has 0 saturated carbocycles. The fraction of sp³-hybridized carbons (Fsp3) is 0.533. The van der Waals surface area contributed by atoms with Crippen LogP contribution in [0, 0.1) is 6.92 Å². The van der Waals surface area contributed by atoms with E-state index in [2.05, 4.69) is 27.4 Å². The Morgan fingerprint density at radius 1 is 1.45 bits per heavy atom. The molecule has 1 fully saturated rings. The van der Waals surface area contributed by atoms with Crippen LogP contribution in [-0.2, 0) is 5.41 Å². The van der Waals surface area contributed by atoms with Gasteiger partial charge in [-0.3, -0.25) is 4.98 Å². The van der Waals surface area contributed by atoms with Crippen molar-refractivity contribution in [3.05, 3.63) is 29.9 Å². The summed E-state index contributed by atoms with van der Waals surface area (Å²) in [7, 11) is 0. The third-order valence-corrected chi connectivity index (χ3v) is 4.11. The molecule has 5 nitrogen and oxygen atoms in total. The van der Waals surface area contributed by atoms with Crippen LogP contribution in [0.2, 0.25) is 0 Å². The van der Waals surface area contributed by atoms with Gasteiger partial charge in [0.15, 0.2) is 0 Å². The average molecular weight is 272 g/mol. The summed E-state index contributed by atoms with van der Waals surface area (Å²) in [6.45, 7) is 6.16. The molecule has 1 N–H and O–H groups in total. The molecule has 1 saturated heterocycles. The van der Waals surface area contributed by atoms with Crippen molar-refractivity contribution in [3.63, 3.8) is 0 Å². The third kappa shape index (κ3) is 2.22. The van der Waals surface area contributed by atoms with Gasteiger partial charge < -0.3 is 9.84 Å². The van der Waals surface area contributed by atoms with Crippen LogP contribution in [0.15, 0.2) is 23.0 Å². The van der Waals surface area contributed by atoms with E-state index in [0.29, 0.717) is 5.82 Å². The second-order valence-electron chi connectivity index (χ2n) is 5.57. The smallest absolute Gasteiger partial charge is 0.234 e. The molecule has 0 spiro atoms. The van der Waals surface area contributed by atoms with Crippen LogP contribution >= 0.6 is 0 Å². The Bertz CT molecular complexity index is 587. The van der Waals surface area contributed by atoms with Crippen LogP contribution in [0.5, 0.6) is 0 Å². The molecule has 2 aromatic heterocycles. The van der Waals surface area contributed by atoms with Crippen molar-refractivity contribution in [2.24, 2.45) is 0 Å². The number of nitrogens with one attached hydrogen (secondary N) is 1. The summed E-state index contributed by atoms with van der Waals surface area (Å²) < 4.78 is 5.59. The van der Waals surface area contributed by atoms with Crippen LogP contribution in [-0.4, -0.2) is 28.2 Å². The zero-order chi connectivity index (χ0) is 14.0. The third-order valence-electron chi connectivity index (χ3n) is 4.11. The highest BCUT2D eigenvalue weighted by atomic mass is 16.5. The van der Waals surface area contributed by atoms with Crippen LogP contribution in [0.1, 0.15) is 37.6 Å². The van der Waals surface area contributed by atoms with Crippen molar-refractivity contribution in [1.29, 1.82) is 0 Å². The minimum absolute atomic E-state index is 0.0148. The van der Waals surface area contributed by atoms with E-state index in [1.165, 1.54) is 0 Å². The van der Waals surface area contributed by atoms with E-state index in [4.69, 9.17) is 4.52 Å². The van der Waals surface area contributed by atoms with Gasteiger partial charge >= 0.3 is 0 Å². The van der Waals surface area contributed by atoms with Crippen LogP contribution in [0.3, 0.4) is 0 Å². The molecule has 2 aromatic rings. The highest BCUT2D eigenvalue weighted by Gasteiger charge is 2.40. The maximum atomic E-state index is 5.59. The number of nitrogens with zero attached hydrogens (tertiary/aromatic N) is 3. The molecule has 3 rings (SSSR count). The minimum Gasteiger partial charge on any atom is -0.338 e. The summed E-state index contributed by atoms with van der Waals surface area (Å²) in [6, 6.07) is 1.93. The number of rotatable bonds is 4. The SMILES string of the molecule is CCCC1(c2nc(-c3ccncc3C)no2)CCNC1. The molecule has 0 amide bonds. The number of aromatic nitrogens is 3. The molecule has 106 valence electrons. The summed E-state index contributed by atoms with van der Waals surface area (Å²) in [5.41, 5.74) is 2.07. The van der Waals surface area contributed by atoms with Crippen molar-refractivity contribution in [1.82, 2.24) is 20.4 Å². The molecule has 20 heavy (non-hydrogen) atoms. The minimum atomic E-state index is 0.0148. The predicted octanol–water partition coefficient (Wildman–Crippen LogP) is 2.47. The average Bonchev–Trinajstić information content (AvgIpc) is 3.09. The zero-order valence-corrected chi connectivity index (χ0v) is 12.0. The fourth-order valence-electron chi connectivity index (χ4n) is 3.00. The first-order valence-electron chi connectivity index (χ1n) is 7.21. The Kier molecular flexibility index (Phi) is 3.53. The van der Waals surface area contributed by atoms with Gasteiger partial charge in [-0.25, -0.2) is 0 Å². The molecule has 0 aliphatic carbocycles. The van der Waals surface area contributed by atoms with Gasteiger partial charge in [0.1, 0.15) is 0 Å². The number of aryl methyl sites for hydroxylation is 1. The molecule has 1 unspecified atom stereocenters. The second-order valence-corrected chi connectivity index (χ2v) is 5.57. The molecule has 1 atom stereocenters. The molecule has 0 radical (unpaired) electrons. The molecule has 3 heterocycles. The molecular weight excluding hydrogens is 252 g/mol. The first-order chi connectivity index (χ1) is 9.75. The normalized spacial score (nSPS) is 22.3. The van der Waals surface area contributed by atoms with E-state index in [0.717, 1.165) is 49.4 Å². The molecule has 5 heteroatoms. The van der Waals surface area contributed by atoms with Gasteiger partial charge in [0.05, 0.1) is 5.41 Å². The van der Waals surface area contributed by atoms with Crippen LogP contribution < -0.4 is 5.32 Å². The van der Waals surface area contributed by atoms with Crippen LogP contribution in [0.25, 0.3) is 11.4 Å². The lowest BCUT2D eigenvalue weighted by Crippen LogP contribution is -2.29. The van der Waals surface area contributed by atoms with E-state index < -0.39 is 0 Å². The van der Waals surface area contributed by atoms with Crippen molar-refractivity contribution in [2.45, 2.75) is 38.5 Å². The molecule has 0 aromatic carbocycles. The summed E-state index contributed by atoms with van der Waals surface area (Å²) in [5.74, 6) is 1.44. The lowest BCUT2D eigenvalue weighted by molar-refractivity contribution is 0.277. The Balaban J connectivity index is 1.95. The standard InChI is InChI=1S/C15H20N4O/c1-3-5-15(6-8-17-10-15)14-18-13(19-20-14)12-4-7-16-9-11(12)2/h4,7,9,17H,3,5-6,8,10H2,1-2H3. The Morgan fingerprint density at radius 2 is 2.35 bits per heavy atom. The van der Waals surface area contributed by atoms with Gasteiger partial charge in [-0.2, -0.15) is 4.98 Å². The molecule has 1 aliphatic rings. The van der Waals surface area contributed by atoms with E-state index in [1.807, 2.05) is 19.2 Å². The fourth-order valence-corrected chi connectivity index (χ4v) is 3.00. The Labute approximate surface area is 118 Å². The van der Waals surface area contributed by atoms with E-state index in [1.54, 1.807) is 6.20 Å². The second kappa shape index (κ2) is 5.32. The monoisotopic (exact) mass is 272 g/mol. The van der Waals surface area contributed by atoms with Crippen molar-refractivity contribution >= 4 is 0 Å². The van der Waals surface area contributed by atoms with Gasteiger partial charge in [0.2, 0.25) is 11.7 Å². The number of pyridine rings is 1. The first kappa shape index (κ1) is 13.2. The highest BCUT2D eigenvalue weighted by Crippen LogP contribution is 2.35. The highest BCUT2D eigenvalue weighted by molar-refractivity contribution is 5.58. The summed E-state index contributed by atoms with van der Waals surface area (Å²) >= 11 is 0. The van der Waals surface area contributed by atoms with Gasteiger partial charge in [-0.15, -0.1) is 0 Å². The zero-order valence-electron chi connectivity index (χ0n) is 12.0. The van der Waals surface area contributed by atoms with Gasteiger partial charge in [0.25, 0.3) is 0 Å². The van der Waals surface area contributed by atoms with Crippen molar-refractivity contribution in [3.8, 4) is 11.4 Å². The van der Waals surface area contributed by atoms with E-state index in [9.17, 15) is 0 Å². The molecular formula is C15H20N4O. The number of hydrogen-bond donors (Lipinski definition) is 1. The lowest BCUT2D eigenvalue weighted by atomic mass is 9.82. The lowest BCUT2D eigenvalue weighted by Gasteiger charge is -2.22. The largest absolute Gasteiger partial charge is 0.338 e. The van der Waals surface area contributed by atoms with Crippen LogP contribution in [0.4, 0.5) is 0 Å². The summed E-state index contributed by atoms with van der Waals surface area (Å²) in [5, 5.41) is 7.60. The maximum absolute atomic E-state index is 5.59. The summed E-state index contributed by atoms with van der Waals surface area (Å²) in [4.78, 5) is 8.77. The van der Waals surface area contributed by atoms with Gasteiger partial charge in [-0.1, -0.05) is 18.5 Å². The van der Waals surface area contributed by atoms with E-state index in [-0.39, 0.29) is 5.41 Å². The molecule has 0 bridgehead atoms.